The van der Waals surface area contributed by atoms with Crippen LogP contribution < -0.4 is 0 Å². The van der Waals surface area contributed by atoms with E-state index in [1.54, 1.807) is 0 Å². The van der Waals surface area contributed by atoms with Crippen LogP contribution in [0.5, 0.6) is 0 Å². The number of rotatable bonds is 33. The van der Waals surface area contributed by atoms with E-state index < -0.39 is 0 Å². The van der Waals surface area contributed by atoms with Crippen molar-refractivity contribution in [3.8, 4) is 0 Å². The van der Waals surface area contributed by atoms with Crippen molar-refractivity contribution in [3.05, 3.63) is 60.2 Å². The van der Waals surface area contributed by atoms with E-state index >= 15 is 0 Å². The molecule has 1 aromatic rings. The Balaban J connectivity index is 2.24. The number of benzene rings is 1. The van der Waals surface area contributed by atoms with Gasteiger partial charge in [-0.05, 0) is 64.2 Å². The minimum Gasteiger partial charge on any atom is -0.379 e. The summed E-state index contributed by atoms with van der Waals surface area (Å²) < 4.78 is 13.6. The summed E-state index contributed by atoms with van der Waals surface area (Å²) in [6.45, 7) is 8.95. The predicted octanol–water partition coefficient (Wildman–Crippen LogP) is 12.4. The van der Waals surface area contributed by atoms with Gasteiger partial charge in [-0.15, -0.1) is 0 Å². The molecule has 0 bridgehead atoms. The molecule has 0 aliphatic rings. The van der Waals surface area contributed by atoms with Crippen LogP contribution in [0.15, 0.2) is 54.6 Å². The van der Waals surface area contributed by atoms with Crippen LogP contribution in [0.25, 0.3) is 0 Å². The molecule has 1 unspecified atom stereocenters. The third-order valence-electron chi connectivity index (χ3n) is 8.77. The Labute approximate surface area is 281 Å². The zero-order chi connectivity index (χ0) is 32.5. The average molecular weight is 627 g/mol. The second-order valence-electron chi connectivity index (χ2n) is 14.1. The number of likely N-dealkylation sites (N-methyl/N-ethyl adjacent to an activating group) is 1. The molecule has 0 aromatic heterocycles. The first-order valence-electron chi connectivity index (χ1n) is 19.4. The second kappa shape index (κ2) is 31.2. The summed E-state index contributed by atoms with van der Waals surface area (Å²) in [7, 11) is 4.64. The minimum atomic E-state index is 0.144. The number of ether oxygens (including phenoxy) is 2. The highest BCUT2D eigenvalue weighted by Crippen LogP contribution is 2.14. The zero-order valence-corrected chi connectivity index (χ0v) is 30.6. The molecule has 0 aliphatic carbocycles. The Morgan fingerprint density at radius 1 is 0.556 bits per heavy atom. The van der Waals surface area contributed by atoms with E-state index in [9.17, 15) is 0 Å². The summed E-state index contributed by atoms with van der Waals surface area (Å²) in [5.74, 6) is 0. The van der Waals surface area contributed by atoms with Gasteiger partial charge in [0.2, 0.25) is 0 Å². The largest absolute Gasteiger partial charge is 0.379 e. The zero-order valence-electron chi connectivity index (χ0n) is 30.6. The Hall–Kier alpha value is -1.42. The molecule has 1 aromatic carbocycles. The number of quaternary nitrogens is 1. The van der Waals surface area contributed by atoms with Gasteiger partial charge in [0.15, 0.2) is 0 Å². The maximum atomic E-state index is 6.47. The molecule has 3 heteroatoms. The number of hydrogen-bond acceptors (Lipinski definition) is 2. The first kappa shape index (κ1) is 41.6. The van der Waals surface area contributed by atoms with Crippen LogP contribution in [-0.2, 0) is 16.0 Å². The molecule has 1 atom stereocenters. The fourth-order valence-electron chi connectivity index (χ4n) is 6.05. The van der Waals surface area contributed by atoms with Crippen LogP contribution in [0.3, 0.4) is 0 Å². The van der Waals surface area contributed by atoms with Crippen molar-refractivity contribution in [2.75, 3.05) is 40.5 Å². The molecule has 0 spiro atoms. The summed E-state index contributed by atoms with van der Waals surface area (Å²) in [6.07, 6.45) is 38.6. The highest BCUT2D eigenvalue weighted by atomic mass is 16.5. The van der Waals surface area contributed by atoms with Crippen LogP contribution >= 0.6 is 0 Å². The van der Waals surface area contributed by atoms with E-state index in [-0.39, 0.29) is 6.10 Å². The lowest BCUT2D eigenvalue weighted by molar-refractivity contribution is -0.906. The van der Waals surface area contributed by atoms with Gasteiger partial charge >= 0.3 is 0 Å². The van der Waals surface area contributed by atoms with Crippen LogP contribution in [0.1, 0.15) is 161 Å². The van der Waals surface area contributed by atoms with Gasteiger partial charge in [-0.25, -0.2) is 0 Å². The Kier molecular flexibility index (Phi) is 28.8. The third kappa shape index (κ3) is 28.5. The van der Waals surface area contributed by atoms with Gasteiger partial charge in [0.25, 0.3) is 0 Å². The second-order valence-corrected chi connectivity index (χ2v) is 14.1. The van der Waals surface area contributed by atoms with Crippen molar-refractivity contribution in [2.24, 2.45) is 0 Å². The first-order valence-corrected chi connectivity index (χ1v) is 19.4. The molecule has 0 saturated heterocycles. The molecule has 0 aliphatic heterocycles. The number of nitrogens with zero attached hydrogens (tertiary/aromatic N) is 1. The number of unbranched alkanes of at least 4 members (excludes halogenated alkanes) is 18. The molecule has 0 amide bonds. The highest BCUT2D eigenvalue weighted by molar-refractivity contribution is 5.13. The Morgan fingerprint density at radius 3 is 1.51 bits per heavy atom. The summed E-state index contributed by atoms with van der Waals surface area (Å²) in [5, 5.41) is 0. The fourth-order valence-corrected chi connectivity index (χ4v) is 6.05. The van der Waals surface area contributed by atoms with E-state index in [0.29, 0.717) is 6.61 Å². The van der Waals surface area contributed by atoms with Crippen molar-refractivity contribution in [1.82, 2.24) is 0 Å². The van der Waals surface area contributed by atoms with Gasteiger partial charge < -0.3 is 14.0 Å². The smallest absolute Gasteiger partial charge is 0.130 e. The maximum Gasteiger partial charge on any atom is 0.130 e. The van der Waals surface area contributed by atoms with E-state index in [1.165, 1.54) is 134 Å². The lowest BCUT2D eigenvalue weighted by Crippen LogP contribution is -2.47. The lowest BCUT2D eigenvalue weighted by Gasteiger charge is -2.33. The van der Waals surface area contributed by atoms with E-state index in [0.717, 1.165) is 43.6 Å². The van der Waals surface area contributed by atoms with Crippen LogP contribution in [-0.4, -0.2) is 51.0 Å². The van der Waals surface area contributed by atoms with Crippen molar-refractivity contribution in [2.45, 2.75) is 168 Å². The molecule has 0 fully saturated rings. The van der Waals surface area contributed by atoms with Gasteiger partial charge in [-0.1, -0.05) is 146 Å². The highest BCUT2D eigenvalue weighted by Gasteiger charge is 2.23. The van der Waals surface area contributed by atoms with Crippen molar-refractivity contribution < 1.29 is 14.0 Å². The normalized spacial score (nSPS) is 13.0. The van der Waals surface area contributed by atoms with Crippen molar-refractivity contribution in [3.63, 3.8) is 0 Å². The average Bonchev–Trinajstić information content (AvgIpc) is 3.03. The Morgan fingerprint density at radius 2 is 1.00 bits per heavy atom. The fraction of sp³-hybridized carbons (Fsp3) is 0.762. The van der Waals surface area contributed by atoms with Gasteiger partial charge in [0.1, 0.15) is 19.2 Å². The van der Waals surface area contributed by atoms with E-state index in [2.05, 4.69) is 82.6 Å². The summed E-state index contributed by atoms with van der Waals surface area (Å²) in [4.78, 5) is 0. The third-order valence-corrected chi connectivity index (χ3v) is 8.77. The predicted molar refractivity (Wildman–Crippen MR) is 199 cm³/mol. The quantitative estimate of drug-likeness (QED) is 0.0439. The van der Waals surface area contributed by atoms with E-state index in [1.807, 2.05) is 0 Å². The molecule has 0 saturated carbocycles. The summed E-state index contributed by atoms with van der Waals surface area (Å²) in [5.41, 5.74) is 1.38. The molecular formula is C42H76NO2+. The van der Waals surface area contributed by atoms with Crippen molar-refractivity contribution in [1.29, 1.82) is 0 Å². The summed E-state index contributed by atoms with van der Waals surface area (Å²) >= 11 is 0. The van der Waals surface area contributed by atoms with Crippen LogP contribution in [0.2, 0.25) is 0 Å². The van der Waals surface area contributed by atoms with Gasteiger partial charge in [0.05, 0.1) is 20.7 Å². The van der Waals surface area contributed by atoms with Crippen molar-refractivity contribution >= 4 is 0 Å². The Bertz CT molecular complexity index is 787. The van der Waals surface area contributed by atoms with Gasteiger partial charge in [-0.3, -0.25) is 0 Å². The lowest BCUT2D eigenvalue weighted by atomic mass is 10.1. The molecule has 3 nitrogen and oxygen atoms in total. The number of hydrogen-bond donors (Lipinski definition) is 0. The molecular weight excluding hydrogens is 550 g/mol. The van der Waals surface area contributed by atoms with E-state index in [4.69, 9.17) is 9.47 Å². The molecule has 1 rings (SSSR count). The monoisotopic (exact) mass is 627 g/mol. The first-order chi connectivity index (χ1) is 22.1. The molecule has 0 N–H and O–H groups in total. The SMILES string of the molecule is CCCCCCCCC=CCCCCCOCC(C[N+](C)(C)Cc1ccccc1)OCCCCCC=CCCCCCCCC. The topological polar surface area (TPSA) is 18.5 Å². The van der Waals surface area contributed by atoms with Gasteiger partial charge in [0, 0.05) is 18.8 Å². The molecule has 260 valence electrons. The van der Waals surface area contributed by atoms with Gasteiger partial charge in [-0.2, -0.15) is 0 Å². The standard InChI is InChI=1S/C42H76NO2/c1-5-7-9-11-13-15-17-19-21-23-25-27-32-36-44-40-42(39-43(3,4)38-41-34-30-29-31-35-41)45-37-33-28-26-24-22-20-18-16-14-12-10-8-6-2/h19-22,29-31,34-35,42H,5-18,23-28,32-33,36-40H2,1-4H3/q+1. The molecule has 0 radical (unpaired) electrons. The van der Waals surface area contributed by atoms with Crippen LogP contribution in [0.4, 0.5) is 0 Å². The number of allylic oxidation sites excluding steroid dienone is 4. The summed E-state index contributed by atoms with van der Waals surface area (Å²) in [6, 6.07) is 10.8. The molecule has 45 heavy (non-hydrogen) atoms. The molecule has 0 heterocycles. The maximum absolute atomic E-state index is 6.47. The minimum absolute atomic E-state index is 0.144. The van der Waals surface area contributed by atoms with Crippen LogP contribution in [0, 0.1) is 0 Å².